The van der Waals surface area contributed by atoms with Crippen molar-refractivity contribution in [2.24, 2.45) is 0 Å². The van der Waals surface area contributed by atoms with Gasteiger partial charge in [-0.05, 0) is 36.4 Å². The van der Waals surface area contributed by atoms with Gasteiger partial charge in [0.2, 0.25) is 5.91 Å². The highest BCUT2D eigenvalue weighted by molar-refractivity contribution is 7.18. The van der Waals surface area contributed by atoms with E-state index in [1.807, 2.05) is 33.9 Å². The van der Waals surface area contributed by atoms with Crippen LogP contribution in [0, 0.1) is 0 Å². The number of carbonyl (C=O) groups is 1. The Balaban J connectivity index is 1.34. The van der Waals surface area contributed by atoms with Crippen molar-refractivity contribution in [2.75, 3.05) is 6.54 Å². The normalized spacial score (nSPS) is 17.0. The van der Waals surface area contributed by atoms with Crippen LogP contribution < -0.4 is 0 Å². The first kappa shape index (κ1) is 17.0. The molecule has 27 heavy (non-hydrogen) atoms. The lowest BCUT2D eigenvalue weighted by molar-refractivity contribution is -0.131. The fourth-order valence-electron chi connectivity index (χ4n) is 3.52. The zero-order valence-corrected chi connectivity index (χ0v) is 16.9. The Labute approximate surface area is 169 Å². The Hall–Kier alpha value is -2.09. The first-order chi connectivity index (χ1) is 13.3. The summed E-state index contributed by atoms with van der Waals surface area (Å²) < 4.78 is 1.19. The Kier molecular flexibility index (Phi) is 4.51. The molecule has 1 aromatic carbocycles. The van der Waals surface area contributed by atoms with Crippen molar-refractivity contribution in [1.82, 2.24) is 14.9 Å². The number of amides is 1. The van der Waals surface area contributed by atoms with Crippen LogP contribution in [0.1, 0.15) is 29.6 Å². The predicted octanol–water partition coefficient (Wildman–Crippen LogP) is 5.39. The summed E-state index contributed by atoms with van der Waals surface area (Å²) in [5, 5.41) is 8.19. The molecule has 136 valence electrons. The SMILES string of the molecule is O=C(Cc1csc(-c2ccsc2)n1)N1CCCC1c1nc2ccccc2s1. The fourth-order valence-corrected chi connectivity index (χ4v) is 6.17. The number of hydrogen-bond acceptors (Lipinski definition) is 6. The number of fused-ring (bicyclic) bond motifs is 1. The molecular formula is C20H17N3OS3. The number of thiophene rings is 1. The summed E-state index contributed by atoms with van der Waals surface area (Å²) in [6.07, 6.45) is 2.38. The summed E-state index contributed by atoms with van der Waals surface area (Å²) in [6, 6.07) is 10.4. The largest absolute Gasteiger partial charge is 0.333 e. The van der Waals surface area contributed by atoms with Gasteiger partial charge in [-0.1, -0.05) is 12.1 Å². The highest BCUT2D eigenvalue weighted by Gasteiger charge is 2.32. The Morgan fingerprint density at radius 3 is 2.96 bits per heavy atom. The van der Waals surface area contributed by atoms with Crippen LogP contribution in [-0.2, 0) is 11.2 Å². The van der Waals surface area contributed by atoms with E-state index < -0.39 is 0 Å². The third-order valence-corrected chi connectivity index (χ3v) is 7.58. The van der Waals surface area contributed by atoms with Crippen LogP contribution in [0.3, 0.4) is 0 Å². The van der Waals surface area contributed by atoms with Crippen LogP contribution in [0.25, 0.3) is 20.8 Å². The van der Waals surface area contributed by atoms with Crippen LogP contribution in [0.2, 0.25) is 0 Å². The second-order valence-corrected chi connectivity index (χ2v) is 9.30. The first-order valence-electron chi connectivity index (χ1n) is 8.90. The number of benzene rings is 1. The summed E-state index contributed by atoms with van der Waals surface area (Å²) in [4.78, 5) is 24.4. The number of hydrogen-bond donors (Lipinski definition) is 0. The first-order valence-corrected chi connectivity index (χ1v) is 11.5. The lowest BCUT2D eigenvalue weighted by Gasteiger charge is -2.22. The van der Waals surface area contributed by atoms with Crippen molar-refractivity contribution in [3.63, 3.8) is 0 Å². The molecule has 1 fully saturated rings. The third kappa shape index (κ3) is 3.31. The molecule has 1 aliphatic rings. The van der Waals surface area contributed by atoms with Crippen LogP contribution in [-0.4, -0.2) is 27.3 Å². The van der Waals surface area contributed by atoms with Crippen molar-refractivity contribution in [2.45, 2.75) is 25.3 Å². The number of carbonyl (C=O) groups excluding carboxylic acids is 1. The molecule has 0 saturated carbocycles. The highest BCUT2D eigenvalue weighted by atomic mass is 32.1. The summed E-state index contributed by atoms with van der Waals surface area (Å²) >= 11 is 4.98. The molecule has 4 nitrogen and oxygen atoms in total. The molecule has 1 amide bonds. The molecule has 1 atom stereocenters. The quantitative estimate of drug-likeness (QED) is 0.452. The van der Waals surface area contributed by atoms with E-state index in [2.05, 4.69) is 22.5 Å². The number of aromatic nitrogens is 2. The van der Waals surface area contributed by atoms with Gasteiger partial charge in [-0.25, -0.2) is 9.97 Å². The maximum atomic E-state index is 13.0. The molecule has 4 aromatic rings. The average Bonchev–Trinajstić information content (AvgIpc) is 3.47. The maximum absolute atomic E-state index is 13.0. The summed E-state index contributed by atoms with van der Waals surface area (Å²) in [5.74, 6) is 0.152. The number of likely N-dealkylation sites (tertiary alicyclic amines) is 1. The van der Waals surface area contributed by atoms with E-state index in [4.69, 9.17) is 4.98 Å². The van der Waals surface area contributed by atoms with Crippen LogP contribution in [0.15, 0.2) is 46.5 Å². The lowest BCUT2D eigenvalue weighted by atomic mass is 10.2. The second kappa shape index (κ2) is 7.14. The predicted molar refractivity (Wildman–Crippen MR) is 112 cm³/mol. The molecule has 4 heterocycles. The minimum atomic E-state index is 0.102. The molecule has 0 bridgehead atoms. The molecule has 0 spiro atoms. The lowest BCUT2D eigenvalue weighted by Crippen LogP contribution is -2.31. The van der Waals surface area contributed by atoms with E-state index in [0.29, 0.717) is 6.42 Å². The highest BCUT2D eigenvalue weighted by Crippen LogP contribution is 2.37. The molecule has 0 N–H and O–H groups in total. The van der Waals surface area contributed by atoms with E-state index in [1.165, 1.54) is 4.70 Å². The van der Waals surface area contributed by atoms with E-state index >= 15 is 0 Å². The van der Waals surface area contributed by atoms with Gasteiger partial charge in [0.15, 0.2) is 0 Å². The van der Waals surface area contributed by atoms with Crippen LogP contribution in [0.5, 0.6) is 0 Å². The summed E-state index contributed by atoms with van der Waals surface area (Å²) in [5.41, 5.74) is 3.02. The molecule has 5 rings (SSSR count). The van der Waals surface area contributed by atoms with Crippen molar-refractivity contribution in [1.29, 1.82) is 0 Å². The van der Waals surface area contributed by atoms with Gasteiger partial charge in [-0.2, -0.15) is 11.3 Å². The van der Waals surface area contributed by atoms with Crippen molar-refractivity contribution >= 4 is 50.1 Å². The van der Waals surface area contributed by atoms with Gasteiger partial charge in [0.05, 0.1) is 28.4 Å². The molecule has 1 saturated heterocycles. The minimum Gasteiger partial charge on any atom is -0.333 e. The molecule has 0 radical (unpaired) electrons. The van der Waals surface area contributed by atoms with Gasteiger partial charge < -0.3 is 4.90 Å². The second-order valence-electron chi connectivity index (χ2n) is 6.60. The maximum Gasteiger partial charge on any atom is 0.229 e. The average molecular weight is 412 g/mol. The Morgan fingerprint density at radius 2 is 2.11 bits per heavy atom. The van der Waals surface area contributed by atoms with Gasteiger partial charge in [-0.15, -0.1) is 22.7 Å². The van der Waals surface area contributed by atoms with Gasteiger partial charge >= 0.3 is 0 Å². The standard InChI is InChI=1S/C20H17N3OS3/c24-18(10-14-12-26-19(21-14)13-7-9-25-11-13)23-8-3-5-16(23)20-22-15-4-1-2-6-17(15)27-20/h1-2,4,6-7,9,11-12,16H,3,5,8,10H2. The van der Waals surface area contributed by atoms with Crippen LogP contribution >= 0.6 is 34.0 Å². The number of para-hydroxylation sites is 1. The smallest absolute Gasteiger partial charge is 0.229 e. The molecule has 1 aliphatic heterocycles. The number of nitrogens with zero attached hydrogens (tertiary/aromatic N) is 3. The zero-order valence-electron chi connectivity index (χ0n) is 14.5. The van der Waals surface area contributed by atoms with E-state index in [-0.39, 0.29) is 11.9 Å². The molecular weight excluding hydrogens is 394 g/mol. The Morgan fingerprint density at radius 1 is 1.19 bits per heavy atom. The number of thiazole rings is 2. The van der Waals surface area contributed by atoms with Crippen molar-refractivity contribution < 1.29 is 4.79 Å². The van der Waals surface area contributed by atoms with Gasteiger partial charge in [-0.3, -0.25) is 4.79 Å². The van der Waals surface area contributed by atoms with Gasteiger partial charge in [0.25, 0.3) is 0 Å². The van der Waals surface area contributed by atoms with E-state index in [1.54, 1.807) is 34.0 Å². The summed E-state index contributed by atoms with van der Waals surface area (Å²) in [6.45, 7) is 0.806. The number of rotatable bonds is 4. The minimum absolute atomic E-state index is 0.102. The van der Waals surface area contributed by atoms with Gasteiger partial charge in [0, 0.05) is 22.9 Å². The third-order valence-electron chi connectivity index (χ3n) is 4.82. The van der Waals surface area contributed by atoms with E-state index in [9.17, 15) is 4.79 Å². The topological polar surface area (TPSA) is 46.1 Å². The monoisotopic (exact) mass is 411 g/mol. The van der Waals surface area contributed by atoms with E-state index in [0.717, 1.165) is 46.2 Å². The van der Waals surface area contributed by atoms with Crippen molar-refractivity contribution in [3.8, 4) is 10.6 Å². The summed E-state index contributed by atoms with van der Waals surface area (Å²) in [7, 11) is 0. The molecule has 3 aromatic heterocycles. The molecule has 7 heteroatoms. The van der Waals surface area contributed by atoms with Crippen LogP contribution in [0.4, 0.5) is 0 Å². The fraction of sp³-hybridized carbons (Fsp3) is 0.250. The van der Waals surface area contributed by atoms with Crippen molar-refractivity contribution in [3.05, 3.63) is 57.2 Å². The van der Waals surface area contributed by atoms with Gasteiger partial charge in [0.1, 0.15) is 10.0 Å². The Bertz CT molecular complexity index is 1050. The molecule has 1 unspecified atom stereocenters. The molecule has 0 aliphatic carbocycles. The zero-order chi connectivity index (χ0) is 18.2.